The van der Waals surface area contributed by atoms with Gasteiger partial charge in [-0.05, 0) is 24.5 Å². The van der Waals surface area contributed by atoms with Crippen LogP contribution in [0.4, 0.5) is 10.1 Å². The number of nitrogens with two attached hydrogens (primary N) is 1. The SMILES string of the molecule is NC/C(=C\F)CN1NCc2c1ccn(C1CC1)c2=O. The summed E-state index contributed by atoms with van der Waals surface area (Å²) >= 11 is 0. The van der Waals surface area contributed by atoms with Crippen LogP contribution >= 0.6 is 0 Å². The Morgan fingerprint density at radius 2 is 2.37 bits per heavy atom. The Morgan fingerprint density at radius 1 is 1.58 bits per heavy atom. The molecular weight excluding hydrogens is 247 g/mol. The number of anilines is 1. The molecule has 0 unspecified atom stereocenters. The van der Waals surface area contributed by atoms with Gasteiger partial charge in [0.1, 0.15) is 0 Å². The van der Waals surface area contributed by atoms with Crippen LogP contribution in [0.3, 0.4) is 0 Å². The average molecular weight is 264 g/mol. The zero-order chi connectivity index (χ0) is 13.4. The molecular formula is C13H17FN4O. The molecule has 0 atom stereocenters. The molecule has 1 fully saturated rings. The number of hydrogen-bond acceptors (Lipinski definition) is 4. The molecule has 0 bridgehead atoms. The number of halogens is 1. The summed E-state index contributed by atoms with van der Waals surface area (Å²) in [6, 6.07) is 2.29. The minimum atomic E-state index is 0.0635. The van der Waals surface area contributed by atoms with Gasteiger partial charge in [0.25, 0.3) is 5.56 Å². The highest BCUT2D eigenvalue weighted by Crippen LogP contribution is 2.34. The average Bonchev–Trinajstić information content (AvgIpc) is 3.18. The van der Waals surface area contributed by atoms with Gasteiger partial charge in [-0.3, -0.25) is 4.79 Å². The van der Waals surface area contributed by atoms with E-state index in [1.54, 1.807) is 9.58 Å². The van der Waals surface area contributed by atoms with Gasteiger partial charge in [0, 0.05) is 25.3 Å². The van der Waals surface area contributed by atoms with Crippen molar-refractivity contribution in [3.63, 3.8) is 0 Å². The van der Waals surface area contributed by atoms with E-state index in [-0.39, 0.29) is 12.1 Å². The van der Waals surface area contributed by atoms with Crippen LogP contribution in [0.15, 0.2) is 29.0 Å². The molecule has 0 radical (unpaired) electrons. The predicted molar refractivity (Wildman–Crippen MR) is 71.4 cm³/mol. The molecule has 0 spiro atoms. The molecule has 1 aliphatic heterocycles. The Kier molecular flexibility index (Phi) is 3.12. The van der Waals surface area contributed by atoms with Gasteiger partial charge in [-0.2, -0.15) is 0 Å². The third-order valence-corrected chi connectivity index (χ3v) is 3.65. The molecule has 2 aliphatic rings. The van der Waals surface area contributed by atoms with Crippen LogP contribution in [0.5, 0.6) is 0 Å². The van der Waals surface area contributed by atoms with Crippen molar-refractivity contribution in [1.82, 2.24) is 9.99 Å². The van der Waals surface area contributed by atoms with Gasteiger partial charge in [0.2, 0.25) is 0 Å². The van der Waals surface area contributed by atoms with Crippen LogP contribution in [0.1, 0.15) is 24.4 Å². The lowest BCUT2D eigenvalue weighted by Gasteiger charge is -2.20. The van der Waals surface area contributed by atoms with Crippen LogP contribution in [0.2, 0.25) is 0 Å². The van der Waals surface area contributed by atoms with Gasteiger partial charge >= 0.3 is 0 Å². The summed E-state index contributed by atoms with van der Waals surface area (Å²) in [5, 5.41) is 1.78. The molecule has 1 aromatic heterocycles. The highest BCUT2D eigenvalue weighted by Gasteiger charge is 2.29. The second-order valence-corrected chi connectivity index (χ2v) is 5.02. The number of pyridine rings is 1. The summed E-state index contributed by atoms with van der Waals surface area (Å²) in [5.41, 5.74) is 10.7. The molecule has 6 heteroatoms. The van der Waals surface area contributed by atoms with Gasteiger partial charge in [0.05, 0.1) is 24.1 Å². The van der Waals surface area contributed by atoms with E-state index in [1.807, 2.05) is 12.3 Å². The van der Waals surface area contributed by atoms with Crippen molar-refractivity contribution in [2.24, 2.45) is 5.73 Å². The fraction of sp³-hybridized carbons (Fsp3) is 0.462. The van der Waals surface area contributed by atoms with Crippen molar-refractivity contribution in [3.05, 3.63) is 40.1 Å². The number of hydrazine groups is 1. The Labute approximate surface area is 110 Å². The fourth-order valence-electron chi connectivity index (χ4n) is 2.39. The van der Waals surface area contributed by atoms with Crippen LogP contribution in [0, 0.1) is 0 Å². The van der Waals surface area contributed by atoms with Crippen molar-refractivity contribution < 1.29 is 4.39 Å². The number of nitrogens with one attached hydrogen (secondary N) is 1. The Morgan fingerprint density at radius 3 is 3.00 bits per heavy atom. The number of rotatable bonds is 4. The van der Waals surface area contributed by atoms with E-state index in [0.717, 1.165) is 24.1 Å². The van der Waals surface area contributed by atoms with Crippen LogP contribution in [0.25, 0.3) is 0 Å². The number of hydrogen-bond donors (Lipinski definition) is 2. The second kappa shape index (κ2) is 4.79. The molecule has 102 valence electrons. The first-order valence-corrected chi connectivity index (χ1v) is 6.48. The third-order valence-electron chi connectivity index (χ3n) is 3.65. The van der Waals surface area contributed by atoms with Crippen LogP contribution in [-0.2, 0) is 6.54 Å². The van der Waals surface area contributed by atoms with Gasteiger partial charge in [-0.1, -0.05) is 0 Å². The first-order valence-electron chi connectivity index (χ1n) is 6.48. The second-order valence-electron chi connectivity index (χ2n) is 5.02. The van der Waals surface area contributed by atoms with E-state index in [0.29, 0.717) is 31.0 Å². The van der Waals surface area contributed by atoms with Gasteiger partial charge < -0.3 is 15.3 Å². The molecule has 5 nitrogen and oxygen atoms in total. The molecule has 3 N–H and O–H groups in total. The quantitative estimate of drug-likeness (QED) is 0.845. The van der Waals surface area contributed by atoms with E-state index in [2.05, 4.69) is 5.43 Å². The fourth-order valence-corrected chi connectivity index (χ4v) is 2.39. The monoisotopic (exact) mass is 264 g/mol. The summed E-state index contributed by atoms with van der Waals surface area (Å²) in [4.78, 5) is 12.3. The number of aromatic nitrogens is 1. The summed E-state index contributed by atoms with van der Waals surface area (Å²) in [6.45, 7) is 1.02. The number of nitrogens with zero attached hydrogens (tertiary/aromatic N) is 2. The lowest BCUT2D eigenvalue weighted by molar-refractivity contribution is 0.659. The molecule has 0 amide bonds. The molecule has 1 saturated carbocycles. The van der Waals surface area contributed by atoms with E-state index in [4.69, 9.17) is 5.73 Å². The van der Waals surface area contributed by atoms with Crippen molar-refractivity contribution in [3.8, 4) is 0 Å². The highest BCUT2D eigenvalue weighted by atomic mass is 19.1. The van der Waals surface area contributed by atoms with E-state index in [9.17, 15) is 9.18 Å². The molecule has 0 saturated heterocycles. The Bertz CT molecular complexity index is 576. The normalized spacial score (nSPS) is 18.8. The maximum absolute atomic E-state index is 12.6. The van der Waals surface area contributed by atoms with E-state index in [1.165, 1.54) is 0 Å². The van der Waals surface area contributed by atoms with Gasteiger partial charge in [-0.25, -0.2) is 9.82 Å². The predicted octanol–water partition coefficient (Wildman–Crippen LogP) is 0.820. The van der Waals surface area contributed by atoms with Crippen LogP contribution < -0.4 is 21.7 Å². The van der Waals surface area contributed by atoms with Crippen molar-refractivity contribution in [2.45, 2.75) is 25.4 Å². The minimum Gasteiger partial charge on any atom is -0.327 e. The topological polar surface area (TPSA) is 63.3 Å². The summed E-state index contributed by atoms with van der Waals surface area (Å²) in [6.07, 6.45) is 4.53. The maximum Gasteiger partial charge on any atom is 0.257 e. The zero-order valence-electron chi connectivity index (χ0n) is 10.6. The molecule has 0 aromatic carbocycles. The van der Waals surface area contributed by atoms with Crippen molar-refractivity contribution in [1.29, 1.82) is 0 Å². The van der Waals surface area contributed by atoms with Gasteiger partial charge in [0.15, 0.2) is 0 Å². The largest absolute Gasteiger partial charge is 0.327 e. The maximum atomic E-state index is 12.6. The minimum absolute atomic E-state index is 0.0635. The highest BCUT2D eigenvalue weighted by molar-refractivity contribution is 5.55. The first kappa shape index (κ1) is 12.4. The number of fused-ring (bicyclic) bond motifs is 1. The van der Waals surface area contributed by atoms with Gasteiger partial charge in [-0.15, -0.1) is 0 Å². The Hall–Kier alpha value is -1.66. The summed E-state index contributed by atoms with van der Waals surface area (Å²) in [5.74, 6) is 0. The van der Waals surface area contributed by atoms with Crippen molar-refractivity contribution >= 4 is 5.69 Å². The molecule has 3 rings (SSSR count). The lowest BCUT2D eigenvalue weighted by atomic mass is 10.2. The zero-order valence-corrected chi connectivity index (χ0v) is 10.6. The standard InChI is InChI=1S/C13H17FN4O/c14-5-9(6-15)8-18-12-3-4-17(10-1-2-10)13(19)11(12)7-16-18/h3-5,10,16H,1-2,6-8,15H2/b9-5+. The Balaban J connectivity index is 1.89. The molecule has 2 heterocycles. The van der Waals surface area contributed by atoms with Crippen LogP contribution in [-0.4, -0.2) is 17.7 Å². The molecule has 19 heavy (non-hydrogen) atoms. The summed E-state index contributed by atoms with van der Waals surface area (Å²) in [7, 11) is 0. The smallest absolute Gasteiger partial charge is 0.257 e. The van der Waals surface area contributed by atoms with E-state index >= 15 is 0 Å². The molecule has 1 aromatic rings. The lowest BCUT2D eigenvalue weighted by Crippen LogP contribution is -2.35. The van der Waals surface area contributed by atoms with E-state index < -0.39 is 0 Å². The summed E-state index contributed by atoms with van der Waals surface area (Å²) < 4.78 is 14.4. The first-order chi connectivity index (χ1) is 9.24. The third kappa shape index (κ3) is 2.17. The molecule has 1 aliphatic carbocycles. The van der Waals surface area contributed by atoms with Crippen molar-refractivity contribution in [2.75, 3.05) is 18.1 Å².